The zero-order valence-corrected chi connectivity index (χ0v) is 4.92. The van der Waals surface area contributed by atoms with Crippen molar-refractivity contribution in [3.05, 3.63) is 19.8 Å². The van der Waals surface area contributed by atoms with Gasteiger partial charge in [0.2, 0.25) is 0 Å². The lowest BCUT2D eigenvalue weighted by Gasteiger charge is -1.99. The van der Waals surface area contributed by atoms with Crippen molar-refractivity contribution in [2.75, 3.05) is 6.61 Å². The number of carbonyl (C=O) groups excluding carboxylic acids is 1. The third-order valence-corrected chi connectivity index (χ3v) is 0.488. The van der Waals surface area contributed by atoms with E-state index < -0.39 is 6.09 Å². The molecule has 9 heavy (non-hydrogen) atoms. The highest BCUT2D eigenvalue weighted by atomic mass is 16.7. The molecule has 0 aromatic rings. The number of nitrogens with one attached hydrogen (secondary N) is 1. The summed E-state index contributed by atoms with van der Waals surface area (Å²) in [5.41, 5.74) is 1.86. The fraction of sp³-hybridized carbons (Fsp3) is 0.200. The first-order valence-corrected chi connectivity index (χ1v) is 2.26. The highest BCUT2D eigenvalue weighted by molar-refractivity contribution is 5.65. The van der Waals surface area contributed by atoms with E-state index in [1.165, 1.54) is 6.08 Å². The van der Waals surface area contributed by atoms with Crippen LogP contribution in [-0.2, 0) is 9.57 Å². The molecule has 1 N–H and O–H groups in total. The molecule has 1 amide bonds. The molecule has 0 aliphatic heterocycles. The van der Waals surface area contributed by atoms with Crippen LogP contribution in [0.15, 0.2) is 12.7 Å². The van der Waals surface area contributed by atoms with Gasteiger partial charge in [-0.15, -0.1) is 0 Å². The second-order valence-electron chi connectivity index (χ2n) is 1.13. The van der Waals surface area contributed by atoms with Crippen molar-refractivity contribution in [1.82, 2.24) is 5.48 Å². The first-order chi connectivity index (χ1) is 4.31. The summed E-state index contributed by atoms with van der Waals surface area (Å²) in [5.74, 6) is 0. The number of carbonyl (C=O) groups is 1. The van der Waals surface area contributed by atoms with Crippen LogP contribution in [-0.4, -0.2) is 12.7 Å². The second kappa shape index (κ2) is 5.11. The first-order valence-electron chi connectivity index (χ1n) is 2.26. The van der Waals surface area contributed by atoms with Gasteiger partial charge in [0.25, 0.3) is 0 Å². The van der Waals surface area contributed by atoms with Crippen molar-refractivity contribution in [3.63, 3.8) is 0 Å². The van der Waals surface area contributed by atoms with Crippen molar-refractivity contribution in [2.45, 2.75) is 0 Å². The molecule has 1 radical (unpaired) electrons. The van der Waals surface area contributed by atoms with Crippen molar-refractivity contribution >= 4 is 6.09 Å². The summed E-state index contributed by atoms with van der Waals surface area (Å²) in [6, 6.07) is 0. The van der Waals surface area contributed by atoms with Crippen molar-refractivity contribution in [3.8, 4) is 0 Å². The second-order valence-corrected chi connectivity index (χ2v) is 1.13. The molecule has 0 aliphatic carbocycles. The van der Waals surface area contributed by atoms with E-state index >= 15 is 0 Å². The minimum atomic E-state index is -0.676. The zero-order valence-electron chi connectivity index (χ0n) is 4.92. The Balaban J connectivity index is 3.16. The van der Waals surface area contributed by atoms with E-state index in [1.54, 1.807) is 0 Å². The van der Waals surface area contributed by atoms with Gasteiger partial charge in [0.15, 0.2) is 0 Å². The van der Waals surface area contributed by atoms with Gasteiger partial charge in [0.05, 0.1) is 0 Å². The Kier molecular flexibility index (Phi) is 4.53. The third kappa shape index (κ3) is 4.83. The number of hydroxylamine groups is 1. The van der Waals surface area contributed by atoms with Gasteiger partial charge >= 0.3 is 6.09 Å². The number of hydrogen-bond donors (Lipinski definition) is 1. The van der Waals surface area contributed by atoms with Crippen molar-refractivity contribution < 1.29 is 14.4 Å². The average Bonchev–Trinajstić information content (AvgIpc) is 1.85. The zero-order chi connectivity index (χ0) is 7.11. The summed E-state index contributed by atoms with van der Waals surface area (Å²) >= 11 is 0. The standard InChI is InChI=1S/C5H8NO3/c1-3-4-9-5(7)6-8-2/h3H,1-2,4H2,(H,6,7). The van der Waals surface area contributed by atoms with Gasteiger partial charge in [-0.3, -0.25) is 4.84 Å². The Hall–Kier alpha value is -1.03. The molecular weight excluding hydrogens is 122 g/mol. The molecule has 0 fully saturated rings. The predicted octanol–water partition coefficient (Wildman–Crippen LogP) is 0.622. The molecule has 0 heterocycles. The maximum atomic E-state index is 10.3. The van der Waals surface area contributed by atoms with Gasteiger partial charge in [-0.25, -0.2) is 4.79 Å². The van der Waals surface area contributed by atoms with Crippen LogP contribution in [0.1, 0.15) is 0 Å². The van der Waals surface area contributed by atoms with Crippen molar-refractivity contribution in [2.24, 2.45) is 0 Å². The molecule has 0 unspecified atom stereocenters. The molecule has 4 nitrogen and oxygen atoms in total. The Bertz CT molecular complexity index is 102. The van der Waals surface area contributed by atoms with Crippen LogP contribution in [0.25, 0.3) is 0 Å². The molecule has 0 aromatic carbocycles. The number of ether oxygens (including phenoxy) is 1. The van der Waals surface area contributed by atoms with Crippen LogP contribution < -0.4 is 5.48 Å². The summed E-state index contributed by atoms with van der Waals surface area (Å²) in [7, 11) is 2.90. The fourth-order valence-electron chi connectivity index (χ4n) is 0.223. The Morgan fingerprint density at radius 3 is 2.89 bits per heavy atom. The monoisotopic (exact) mass is 130 g/mol. The van der Waals surface area contributed by atoms with E-state index in [9.17, 15) is 4.79 Å². The van der Waals surface area contributed by atoms with Gasteiger partial charge in [-0.2, -0.15) is 5.48 Å². The maximum absolute atomic E-state index is 10.3. The SMILES string of the molecule is [CH2]ONC(=O)OCC=C. The van der Waals surface area contributed by atoms with Gasteiger partial charge < -0.3 is 4.74 Å². The third-order valence-electron chi connectivity index (χ3n) is 0.488. The van der Waals surface area contributed by atoms with Crippen LogP contribution in [0.3, 0.4) is 0 Å². The molecular formula is C5H8NO3. The molecule has 0 spiro atoms. The van der Waals surface area contributed by atoms with Gasteiger partial charge in [-0.05, 0) is 0 Å². The Morgan fingerprint density at radius 1 is 1.78 bits per heavy atom. The van der Waals surface area contributed by atoms with Crippen LogP contribution in [0.2, 0.25) is 0 Å². The van der Waals surface area contributed by atoms with Crippen LogP contribution in [0.5, 0.6) is 0 Å². The predicted molar refractivity (Wildman–Crippen MR) is 31.1 cm³/mol. The smallest absolute Gasteiger partial charge is 0.431 e. The average molecular weight is 130 g/mol. The first kappa shape index (κ1) is 7.97. The lowest BCUT2D eigenvalue weighted by molar-refractivity contribution is 0.0826. The molecule has 0 saturated heterocycles. The quantitative estimate of drug-likeness (QED) is 0.450. The van der Waals surface area contributed by atoms with E-state index in [2.05, 4.69) is 23.3 Å². The van der Waals surface area contributed by atoms with Gasteiger partial charge in [0.1, 0.15) is 13.7 Å². The van der Waals surface area contributed by atoms with Crippen LogP contribution >= 0.6 is 0 Å². The topological polar surface area (TPSA) is 47.6 Å². The normalized spacial score (nSPS) is 8.11. The molecule has 4 heteroatoms. The van der Waals surface area contributed by atoms with E-state index in [4.69, 9.17) is 0 Å². The van der Waals surface area contributed by atoms with Gasteiger partial charge in [0, 0.05) is 0 Å². The summed E-state index contributed by atoms with van der Waals surface area (Å²) in [4.78, 5) is 14.2. The number of rotatable bonds is 3. The number of hydrogen-bond acceptors (Lipinski definition) is 3. The highest BCUT2D eigenvalue weighted by Gasteiger charge is 1.94. The molecule has 0 rings (SSSR count). The van der Waals surface area contributed by atoms with Crippen LogP contribution in [0.4, 0.5) is 4.79 Å². The lowest BCUT2D eigenvalue weighted by Crippen LogP contribution is -2.21. The molecule has 0 atom stereocenters. The molecule has 51 valence electrons. The summed E-state index contributed by atoms with van der Waals surface area (Å²) in [6.45, 7) is 3.49. The minimum Gasteiger partial charge on any atom is -0.444 e. The number of amides is 1. The molecule has 0 saturated carbocycles. The largest absolute Gasteiger partial charge is 0.444 e. The van der Waals surface area contributed by atoms with E-state index in [0.29, 0.717) is 0 Å². The summed E-state index contributed by atoms with van der Waals surface area (Å²) in [5, 5.41) is 0. The van der Waals surface area contributed by atoms with E-state index in [0.717, 1.165) is 0 Å². The van der Waals surface area contributed by atoms with E-state index in [-0.39, 0.29) is 6.61 Å². The fourth-order valence-corrected chi connectivity index (χ4v) is 0.223. The lowest BCUT2D eigenvalue weighted by atomic mass is 10.7. The highest BCUT2D eigenvalue weighted by Crippen LogP contribution is 1.76. The van der Waals surface area contributed by atoms with Crippen molar-refractivity contribution in [1.29, 1.82) is 0 Å². The Morgan fingerprint density at radius 2 is 2.44 bits per heavy atom. The maximum Gasteiger partial charge on any atom is 0.431 e. The van der Waals surface area contributed by atoms with E-state index in [1.807, 2.05) is 5.48 Å². The molecule has 0 aliphatic rings. The minimum absolute atomic E-state index is 0.162. The molecule has 0 aromatic heterocycles. The van der Waals surface area contributed by atoms with Crippen LogP contribution in [0, 0.1) is 7.11 Å². The Labute approximate surface area is 53.4 Å². The van der Waals surface area contributed by atoms with Gasteiger partial charge in [-0.1, -0.05) is 12.7 Å². The summed E-state index contributed by atoms with van der Waals surface area (Å²) in [6.07, 6.45) is 0.771. The summed E-state index contributed by atoms with van der Waals surface area (Å²) < 4.78 is 4.40. The molecule has 0 bridgehead atoms.